The van der Waals surface area contributed by atoms with Gasteiger partial charge in [-0.15, -0.1) is 5.92 Å². The minimum absolute atomic E-state index is 0.372. The molecule has 0 heterocycles. The van der Waals surface area contributed by atoms with Crippen molar-refractivity contribution in [2.45, 2.75) is 39.7 Å². The Labute approximate surface area is 99.3 Å². The molecule has 0 bridgehead atoms. The molecule has 0 saturated heterocycles. The van der Waals surface area contributed by atoms with Crippen LogP contribution in [0.25, 0.3) is 0 Å². The summed E-state index contributed by atoms with van der Waals surface area (Å²) in [5.41, 5.74) is 2.75. The number of benzene rings is 1. The molecule has 1 heteroatoms. The Kier molecular flexibility index (Phi) is 5.67. The van der Waals surface area contributed by atoms with Crippen LogP contribution in [0.1, 0.15) is 44.4 Å². The van der Waals surface area contributed by atoms with E-state index in [1.54, 1.807) is 0 Å². The molecule has 0 aromatic heterocycles. The van der Waals surface area contributed by atoms with Crippen molar-refractivity contribution in [2.75, 3.05) is 6.54 Å². The monoisotopic (exact) mass is 215 g/mol. The van der Waals surface area contributed by atoms with E-state index in [0.717, 1.165) is 6.54 Å². The molecule has 0 fully saturated rings. The van der Waals surface area contributed by atoms with Gasteiger partial charge < -0.3 is 0 Å². The number of hydrogen-bond donors (Lipinski definition) is 1. The van der Waals surface area contributed by atoms with Crippen molar-refractivity contribution in [1.82, 2.24) is 5.32 Å². The van der Waals surface area contributed by atoms with Gasteiger partial charge in [-0.1, -0.05) is 43.5 Å². The minimum atomic E-state index is 0.372. The first-order valence-corrected chi connectivity index (χ1v) is 5.99. The molecular weight excluding hydrogens is 194 g/mol. The summed E-state index contributed by atoms with van der Waals surface area (Å²) in [5.74, 6) is 5.91. The molecule has 1 rings (SSSR count). The second kappa shape index (κ2) is 7.09. The maximum Gasteiger partial charge on any atom is 0.0581 e. The Balaban J connectivity index is 2.54. The van der Waals surface area contributed by atoms with E-state index < -0.39 is 0 Å². The van der Waals surface area contributed by atoms with Crippen LogP contribution in [0.5, 0.6) is 0 Å². The summed E-state index contributed by atoms with van der Waals surface area (Å²) in [4.78, 5) is 0. The van der Waals surface area contributed by atoms with Crippen LogP contribution in [-0.4, -0.2) is 6.54 Å². The van der Waals surface area contributed by atoms with E-state index in [-0.39, 0.29) is 0 Å². The van der Waals surface area contributed by atoms with Gasteiger partial charge >= 0.3 is 0 Å². The van der Waals surface area contributed by atoms with Crippen LogP contribution >= 0.6 is 0 Å². The highest BCUT2D eigenvalue weighted by molar-refractivity contribution is 5.25. The molecule has 16 heavy (non-hydrogen) atoms. The van der Waals surface area contributed by atoms with E-state index >= 15 is 0 Å². The Morgan fingerprint density at radius 3 is 2.50 bits per heavy atom. The minimum Gasteiger partial charge on any atom is -0.300 e. The first-order valence-electron chi connectivity index (χ1n) is 5.99. The second-order valence-corrected chi connectivity index (χ2v) is 4.02. The Hall–Kier alpha value is -1.26. The lowest BCUT2D eigenvalue weighted by Crippen LogP contribution is -2.18. The van der Waals surface area contributed by atoms with Crippen LogP contribution in [-0.2, 0) is 6.42 Å². The van der Waals surface area contributed by atoms with E-state index in [2.05, 4.69) is 55.3 Å². The molecule has 86 valence electrons. The largest absolute Gasteiger partial charge is 0.300 e. The van der Waals surface area contributed by atoms with E-state index in [0.29, 0.717) is 6.04 Å². The topological polar surface area (TPSA) is 12.0 Å². The lowest BCUT2D eigenvalue weighted by molar-refractivity contribution is 0.623. The van der Waals surface area contributed by atoms with Crippen LogP contribution in [0.15, 0.2) is 24.3 Å². The third-order valence-electron chi connectivity index (χ3n) is 2.69. The second-order valence-electron chi connectivity index (χ2n) is 4.02. The Morgan fingerprint density at radius 1 is 1.25 bits per heavy atom. The lowest BCUT2D eigenvalue weighted by Gasteiger charge is -2.12. The zero-order chi connectivity index (χ0) is 11.8. The van der Waals surface area contributed by atoms with Crippen LogP contribution in [0.4, 0.5) is 0 Å². The predicted molar refractivity (Wildman–Crippen MR) is 70.3 cm³/mol. The van der Waals surface area contributed by atoms with Gasteiger partial charge in [0, 0.05) is 6.04 Å². The highest BCUT2D eigenvalue weighted by Gasteiger charge is 2.02. The first kappa shape index (κ1) is 12.8. The van der Waals surface area contributed by atoms with Gasteiger partial charge in [-0.2, -0.15) is 0 Å². The summed E-state index contributed by atoms with van der Waals surface area (Å²) < 4.78 is 0. The van der Waals surface area contributed by atoms with Crippen molar-refractivity contribution in [1.29, 1.82) is 0 Å². The van der Waals surface area contributed by atoms with Gasteiger partial charge in [0.25, 0.3) is 0 Å². The van der Waals surface area contributed by atoms with E-state index in [4.69, 9.17) is 0 Å². The first-order chi connectivity index (χ1) is 7.77. The molecule has 0 saturated carbocycles. The van der Waals surface area contributed by atoms with Crippen molar-refractivity contribution in [3.05, 3.63) is 35.4 Å². The maximum absolute atomic E-state index is 3.38. The molecular formula is C15H21N. The SMILES string of the molecule is CC#CCNC(C)c1ccc(CCC)cc1. The van der Waals surface area contributed by atoms with Gasteiger partial charge in [-0.25, -0.2) is 0 Å². The molecule has 0 aliphatic heterocycles. The summed E-state index contributed by atoms with van der Waals surface area (Å²) in [5, 5.41) is 3.38. The molecule has 1 N–H and O–H groups in total. The van der Waals surface area contributed by atoms with Crippen LogP contribution < -0.4 is 5.32 Å². The molecule has 0 aliphatic carbocycles. The van der Waals surface area contributed by atoms with Gasteiger partial charge in [-0.05, 0) is 31.4 Å². The molecule has 0 radical (unpaired) electrons. The lowest BCUT2D eigenvalue weighted by atomic mass is 10.0. The molecule has 0 amide bonds. The fourth-order valence-corrected chi connectivity index (χ4v) is 1.67. The zero-order valence-corrected chi connectivity index (χ0v) is 10.5. The van der Waals surface area contributed by atoms with Crippen molar-refractivity contribution >= 4 is 0 Å². The third kappa shape index (κ3) is 4.08. The van der Waals surface area contributed by atoms with E-state index in [1.165, 1.54) is 24.0 Å². The molecule has 0 aliphatic rings. The van der Waals surface area contributed by atoms with Gasteiger partial charge in [0.05, 0.1) is 6.54 Å². The fraction of sp³-hybridized carbons (Fsp3) is 0.467. The van der Waals surface area contributed by atoms with Crippen molar-refractivity contribution in [2.24, 2.45) is 0 Å². The summed E-state index contributed by atoms with van der Waals surface area (Å²) in [6.07, 6.45) is 2.38. The van der Waals surface area contributed by atoms with E-state index in [9.17, 15) is 0 Å². The summed E-state index contributed by atoms with van der Waals surface area (Å²) >= 11 is 0. The van der Waals surface area contributed by atoms with Crippen LogP contribution in [0, 0.1) is 11.8 Å². The predicted octanol–water partition coefficient (Wildman–Crippen LogP) is 3.31. The summed E-state index contributed by atoms with van der Waals surface area (Å²) in [6, 6.07) is 9.24. The molecule has 1 unspecified atom stereocenters. The Morgan fingerprint density at radius 2 is 1.94 bits per heavy atom. The third-order valence-corrected chi connectivity index (χ3v) is 2.69. The molecule has 1 aromatic carbocycles. The Bertz CT molecular complexity index is 353. The quantitative estimate of drug-likeness (QED) is 0.743. The highest BCUT2D eigenvalue weighted by Crippen LogP contribution is 2.13. The maximum atomic E-state index is 3.38. The standard InChI is InChI=1S/C15H21N/c1-4-6-12-16-13(3)15-10-8-14(7-5-2)9-11-15/h8-11,13,16H,5,7,12H2,1-3H3. The smallest absolute Gasteiger partial charge is 0.0581 e. The fourth-order valence-electron chi connectivity index (χ4n) is 1.67. The van der Waals surface area contributed by atoms with E-state index in [1.807, 2.05) is 6.92 Å². The summed E-state index contributed by atoms with van der Waals surface area (Å²) in [6.45, 7) is 7.01. The molecule has 1 nitrogen and oxygen atoms in total. The molecule has 1 aromatic rings. The number of nitrogens with one attached hydrogen (secondary N) is 1. The highest BCUT2D eigenvalue weighted by atomic mass is 14.9. The van der Waals surface area contributed by atoms with Gasteiger partial charge in [0.1, 0.15) is 0 Å². The van der Waals surface area contributed by atoms with Gasteiger partial charge in [0.15, 0.2) is 0 Å². The van der Waals surface area contributed by atoms with Crippen LogP contribution in [0.3, 0.4) is 0 Å². The average Bonchev–Trinajstić information content (AvgIpc) is 2.30. The zero-order valence-electron chi connectivity index (χ0n) is 10.5. The van der Waals surface area contributed by atoms with Crippen LogP contribution in [0.2, 0.25) is 0 Å². The van der Waals surface area contributed by atoms with Crippen molar-refractivity contribution in [3.63, 3.8) is 0 Å². The van der Waals surface area contributed by atoms with Gasteiger partial charge in [-0.3, -0.25) is 5.32 Å². The molecule has 1 atom stereocenters. The van der Waals surface area contributed by atoms with Crippen molar-refractivity contribution < 1.29 is 0 Å². The average molecular weight is 215 g/mol. The number of hydrogen-bond acceptors (Lipinski definition) is 1. The number of aryl methyl sites for hydroxylation is 1. The molecule has 0 spiro atoms. The number of rotatable bonds is 5. The normalized spacial score (nSPS) is 11.7. The summed E-state index contributed by atoms with van der Waals surface area (Å²) in [7, 11) is 0. The van der Waals surface area contributed by atoms with Crippen molar-refractivity contribution in [3.8, 4) is 11.8 Å². The van der Waals surface area contributed by atoms with Gasteiger partial charge in [0.2, 0.25) is 0 Å².